The minimum Gasteiger partial charge on any atom is -0.352 e. The highest BCUT2D eigenvalue weighted by atomic mass is 32.1. The van der Waals surface area contributed by atoms with E-state index in [9.17, 15) is 0 Å². The van der Waals surface area contributed by atoms with E-state index in [2.05, 4.69) is 42.7 Å². The number of hydrogen-bond acceptors (Lipinski definition) is 7. The molecule has 4 rings (SSSR count). The molecule has 7 heteroatoms. The van der Waals surface area contributed by atoms with Crippen LogP contribution in [-0.4, -0.2) is 46.1 Å². The number of anilines is 2. The summed E-state index contributed by atoms with van der Waals surface area (Å²) in [6.45, 7) is 9.83. The van der Waals surface area contributed by atoms with E-state index in [-0.39, 0.29) is 0 Å². The smallest absolute Gasteiger partial charge is 0.150 e. The summed E-state index contributed by atoms with van der Waals surface area (Å²) >= 11 is 1.72. The molecule has 0 N–H and O–H groups in total. The predicted octanol–water partition coefficient (Wildman–Crippen LogP) is 2.73. The zero-order valence-electron chi connectivity index (χ0n) is 14.2. The van der Waals surface area contributed by atoms with Crippen LogP contribution in [0.25, 0.3) is 10.2 Å². The van der Waals surface area contributed by atoms with Crippen LogP contribution >= 0.6 is 11.3 Å². The summed E-state index contributed by atoms with van der Waals surface area (Å²) in [5, 5.41) is 1.17. The Labute approximate surface area is 145 Å². The average molecular weight is 340 g/mol. The number of aryl methyl sites for hydroxylation is 3. The molecular formula is C17H20N6S. The lowest BCUT2D eigenvalue weighted by atomic mass is 10.2. The van der Waals surface area contributed by atoms with Gasteiger partial charge in [-0.25, -0.2) is 15.0 Å². The van der Waals surface area contributed by atoms with Crippen molar-refractivity contribution in [3.63, 3.8) is 0 Å². The largest absolute Gasteiger partial charge is 0.352 e. The third kappa shape index (κ3) is 2.69. The quantitative estimate of drug-likeness (QED) is 0.715. The molecule has 4 heterocycles. The monoisotopic (exact) mass is 340 g/mol. The summed E-state index contributed by atoms with van der Waals surface area (Å²) < 4.78 is 0. The van der Waals surface area contributed by atoms with Crippen molar-refractivity contribution in [3.8, 4) is 0 Å². The van der Waals surface area contributed by atoms with Gasteiger partial charge in [0.1, 0.15) is 22.8 Å². The molecule has 6 nitrogen and oxygen atoms in total. The minimum atomic E-state index is 0.924. The van der Waals surface area contributed by atoms with E-state index in [0.29, 0.717) is 0 Å². The van der Waals surface area contributed by atoms with Crippen molar-refractivity contribution in [2.45, 2.75) is 20.8 Å². The van der Waals surface area contributed by atoms with Crippen LogP contribution in [0.2, 0.25) is 0 Å². The second-order valence-corrected chi connectivity index (χ2v) is 7.40. The molecule has 3 aromatic heterocycles. The van der Waals surface area contributed by atoms with Crippen molar-refractivity contribution in [1.82, 2.24) is 19.9 Å². The van der Waals surface area contributed by atoms with Gasteiger partial charge in [0.2, 0.25) is 0 Å². The van der Waals surface area contributed by atoms with Gasteiger partial charge in [-0.05, 0) is 26.8 Å². The zero-order chi connectivity index (χ0) is 16.7. The lowest BCUT2D eigenvalue weighted by Gasteiger charge is -2.36. The molecule has 1 aliphatic rings. The maximum atomic E-state index is 4.67. The molecule has 0 radical (unpaired) electrons. The third-order valence-corrected chi connectivity index (χ3v) is 5.32. The normalized spacial score (nSPS) is 15.3. The Kier molecular flexibility index (Phi) is 3.80. The van der Waals surface area contributed by atoms with Gasteiger partial charge in [-0.3, -0.25) is 4.98 Å². The molecule has 0 atom stereocenters. The highest BCUT2D eigenvalue weighted by Crippen LogP contribution is 2.30. The van der Waals surface area contributed by atoms with Gasteiger partial charge in [-0.15, -0.1) is 11.3 Å². The first kappa shape index (κ1) is 15.3. The van der Waals surface area contributed by atoms with E-state index >= 15 is 0 Å². The van der Waals surface area contributed by atoms with Crippen LogP contribution in [0.4, 0.5) is 11.6 Å². The van der Waals surface area contributed by atoms with E-state index < -0.39 is 0 Å². The highest BCUT2D eigenvalue weighted by Gasteiger charge is 2.22. The number of rotatable bonds is 2. The van der Waals surface area contributed by atoms with Crippen molar-refractivity contribution >= 4 is 33.2 Å². The number of thiophene rings is 1. The summed E-state index contributed by atoms with van der Waals surface area (Å²) in [5.41, 5.74) is 1.95. The van der Waals surface area contributed by atoms with Gasteiger partial charge in [-0.2, -0.15) is 0 Å². The summed E-state index contributed by atoms with van der Waals surface area (Å²) in [4.78, 5) is 25.1. The van der Waals surface area contributed by atoms with Gasteiger partial charge in [-0.1, -0.05) is 0 Å². The predicted molar refractivity (Wildman–Crippen MR) is 98.1 cm³/mol. The van der Waals surface area contributed by atoms with Gasteiger partial charge in [0.25, 0.3) is 0 Å². The van der Waals surface area contributed by atoms with Crippen molar-refractivity contribution in [2.75, 3.05) is 36.0 Å². The third-order valence-electron chi connectivity index (χ3n) is 4.36. The molecule has 0 amide bonds. The molecule has 1 saturated heterocycles. The van der Waals surface area contributed by atoms with E-state index in [4.69, 9.17) is 0 Å². The van der Waals surface area contributed by atoms with Crippen molar-refractivity contribution in [3.05, 3.63) is 34.9 Å². The Morgan fingerprint density at radius 2 is 1.62 bits per heavy atom. The Bertz CT molecular complexity index is 882. The van der Waals surface area contributed by atoms with Gasteiger partial charge in [0, 0.05) is 37.3 Å². The Hall–Kier alpha value is -2.28. The summed E-state index contributed by atoms with van der Waals surface area (Å²) in [6, 6.07) is 2.19. The fourth-order valence-electron chi connectivity index (χ4n) is 3.17. The fraction of sp³-hybridized carbons (Fsp3) is 0.412. The number of fused-ring (bicyclic) bond motifs is 1. The van der Waals surface area contributed by atoms with E-state index in [1.165, 1.54) is 10.3 Å². The molecule has 0 saturated carbocycles. The van der Waals surface area contributed by atoms with Crippen LogP contribution in [-0.2, 0) is 0 Å². The molecular weight excluding hydrogens is 320 g/mol. The first-order valence-corrected chi connectivity index (χ1v) is 8.95. The maximum Gasteiger partial charge on any atom is 0.150 e. The number of piperazine rings is 1. The van der Waals surface area contributed by atoms with E-state index in [1.54, 1.807) is 17.7 Å². The first-order valence-electron chi connectivity index (χ1n) is 8.13. The van der Waals surface area contributed by atoms with Gasteiger partial charge < -0.3 is 9.80 Å². The average Bonchev–Trinajstić information content (AvgIpc) is 2.97. The van der Waals surface area contributed by atoms with Crippen molar-refractivity contribution in [1.29, 1.82) is 0 Å². The molecule has 0 aromatic carbocycles. The molecule has 24 heavy (non-hydrogen) atoms. The van der Waals surface area contributed by atoms with Crippen LogP contribution in [0.1, 0.15) is 16.3 Å². The second kappa shape index (κ2) is 5.98. The van der Waals surface area contributed by atoms with E-state index in [0.717, 1.165) is 54.0 Å². The first-order chi connectivity index (χ1) is 11.6. The van der Waals surface area contributed by atoms with Crippen LogP contribution in [0.15, 0.2) is 18.6 Å². The minimum absolute atomic E-state index is 0.924. The topological polar surface area (TPSA) is 58.0 Å². The lowest BCUT2D eigenvalue weighted by Crippen LogP contribution is -2.47. The number of hydrogen-bond donors (Lipinski definition) is 0. The molecule has 124 valence electrons. The second-order valence-electron chi connectivity index (χ2n) is 6.17. The van der Waals surface area contributed by atoms with Gasteiger partial charge >= 0.3 is 0 Å². The summed E-state index contributed by atoms with van der Waals surface area (Å²) in [5.74, 6) is 2.06. The Balaban J connectivity index is 1.56. The lowest BCUT2D eigenvalue weighted by molar-refractivity contribution is 0.639. The Morgan fingerprint density at radius 1 is 0.917 bits per heavy atom. The summed E-state index contributed by atoms with van der Waals surface area (Å²) in [6.07, 6.45) is 3.50. The number of aromatic nitrogens is 4. The molecule has 3 aromatic rings. The number of nitrogens with zero attached hydrogens (tertiary/aromatic N) is 6. The fourth-order valence-corrected chi connectivity index (χ4v) is 4.01. The maximum absolute atomic E-state index is 4.67. The molecule has 1 fully saturated rings. The van der Waals surface area contributed by atoms with Crippen molar-refractivity contribution < 1.29 is 0 Å². The molecule has 0 aliphatic carbocycles. The Morgan fingerprint density at radius 3 is 2.38 bits per heavy atom. The SMILES string of the molecule is Cc1cnc(C)c(N2CCN(c3ncnc4sc(C)cc34)CC2)n1. The molecule has 0 unspecified atom stereocenters. The highest BCUT2D eigenvalue weighted by molar-refractivity contribution is 7.18. The standard InChI is InChI=1S/C17H20N6S/c1-11-9-18-13(3)15(21-11)22-4-6-23(7-5-22)16-14-8-12(2)24-17(14)20-10-19-16/h8-10H,4-7H2,1-3H3. The van der Waals surface area contributed by atoms with Gasteiger partial charge in [0.05, 0.1) is 16.8 Å². The van der Waals surface area contributed by atoms with E-state index in [1.807, 2.05) is 20.0 Å². The van der Waals surface area contributed by atoms with Crippen LogP contribution < -0.4 is 9.80 Å². The van der Waals surface area contributed by atoms with Crippen LogP contribution in [0.3, 0.4) is 0 Å². The molecule has 0 bridgehead atoms. The van der Waals surface area contributed by atoms with Crippen LogP contribution in [0, 0.1) is 20.8 Å². The summed E-state index contributed by atoms with van der Waals surface area (Å²) in [7, 11) is 0. The van der Waals surface area contributed by atoms with Crippen LogP contribution in [0.5, 0.6) is 0 Å². The molecule has 0 spiro atoms. The molecule has 1 aliphatic heterocycles. The van der Waals surface area contributed by atoms with Gasteiger partial charge in [0.15, 0.2) is 0 Å². The zero-order valence-corrected chi connectivity index (χ0v) is 15.0. The van der Waals surface area contributed by atoms with Crippen molar-refractivity contribution in [2.24, 2.45) is 0 Å².